The van der Waals surface area contributed by atoms with Crippen LogP contribution < -0.4 is 0 Å². The molecule has 0 aromatic rings. The van der Waals surface area contributed by atoms with Gasteiger partial charge < -0.3 is 14.2 Å². The minimum atomic E-state index is -0.293. The number of unbranched alkanes of at least 4 members (excludes halogenated alkanes) is 8. The van der Waals surface area contributed by atoms with Gasteiger partial charge >= 0.3 is 11.9 Å². The van der Waals surface area contributed by atoms with Gasteiger partial charge in [0.25, 0.3) is 0 Å². The summed E-state index contributed by atoms with van der Waals surface area (Å²) >= 11 is 0. The molecule has 5 heteroatoms. The zero-order valence-corrected chi connectivity index (χ0v) is 15.6. The Balaban J connectivity index is 3.28. The molecule has 0 aromatic heterocycles. The Kier molecular flexibility index (Phi) is 17.4. The maximum absolute atomic E-state index is 11.5. The van der Waals surface area contributed by atoms with Gasteiger partial charge in [0, 0.05) is 20.0 Å². The normalized spacial score (nSPS) is 10.6. The first-order valence-corrected chi connectivity index (χ1v) is 9.50. The molecule has 0 rings (SSSR count). The van der Waals surface area contributed by atoms with Crippen LogP contribution in [0, 0.1) is 0 Å². The van der Waals surface area contributed by atoms with Crippen LogP contribution in [0.1, 0.15) is 84.0 Å². The van der Waals surface area contributed by atoms with E-state index < -0.39 is 0 Å². The molecule has 0 aliphatic heterocycles. The predicted molar refractivity (Wildman–Crippen MR) is 94.9 cm³/mol. The van der Waals surface area contributed by atoms with E-state index in [1.54, 1.807) is 7.11 Å². The fraction of sp³-hybridized carbons (Fsp3) is 0.895. The van der Waals surface area contributed by atoms with Crippen LogP contribution in [0.5, 0.6) is 0 Å². The summed E-state index contributed by atoms with van der Waals surface area (Å²) in [5.74, 6) is -0.516. The lowest BCUT2D eigenvalue weighted by Crippen LogP contribution is -2.11. The highest BCUT2D eigenvalue weighted by Crippen LogP contribution is 2.09. The number of hydrogen-bond donors (Lipinski definition) is 0. The summed E-state index contributed by atoms with van der Waals surface area (Å²) in [5, 5.41) is 0. The highest BCUT2D eigenvalue weighted by atomic mass is 16.6. The highest BCUT2D eigenvalue weighted by molar-refractivity contribution is 5.72. The Morgan fingerprint density at radius 2 is 1.12 bits per heavy atom. The van der Waals surface area contributed by atoms with Crippen LogP contribution >= 0.6 is 0 Å². The van der Waals surface area contributed by atoms with Crippen LogP contribution in [0.3, 0.4) is 0 Å². The van der Waals surface area contributed by atoms with Gasteiger partial charge in [0.15, 0.2) is 0 Å². The molecule has 0 fully saturated rings. The molecule has 0 bridgehead atoms. The lowest BCUT2D eigenvalue weighted by Gasteiger charge is -2.06. The smallest absolute Gasteiger partial charge is 0.305 e. The molecular weight excluding hydrogens is 308 g/mol. The number of rotatable bonds is 17. The van der Waals surface area contributed by atoms with Gasteiger partial charge in [-0.1, -0.05) is 58.3 Å². The van der Waals surface area contributed by atoms with Crippen molar-refractivity contribution in [2.24, 2.45) is 0 Å². The monoisotopic (exact) mass is 344 g/mol. The van der Waals surface area contributed by atoms with Crippen LogP contribution in [0.4, 0.5) is 0 Å². The lowest BCUT2D eigenvalue weighted by atomic mass is 10.1. The lowest BCUT2D eigenvalue weighted by molar-refractivity contribution is -0.146. The SMILES string of the molecule is CCCCCCCCCCCOC(=O)CCCC(=O)OCCOC. The molecule has 0 aromatic carbocycles. The second kappa shape index (κ2) is 18.2. The fourth-order valence-electron chi connectivity index (χ4n) is 2.36. The van der Waals surface area contributed by atoms with E-state index in [9.17, 15) is 9.59 Å². The van der Waals surface area contributed by atoms with Crippen molar-refractivity contribution >= 4 is 11.9 Å². The number of hydrogen-bond acceptors (Lipinski definition) is 5. The van der Waals surface area contributed by atoms with Gasteiger partial charge in [-0.2, -0.15) is 0 Å². The minimum absolute atomic E-state index is 0.223. The van der Waals surface area contributed by atoms with E-state index in [1.165, 1.54) is 44.9 Å². The van der Waals surface area contributed by atoms with E-state index in [4.69, 9.17) is 14.2 Å². The van der Waals surface area contributed by atoms with E-state index in [2.05, 4.69) is 6.92 Å². The maximum Gasteiger partial charge on any atom is 0.305 e. The van der Waals surface area contributed by atoms with Crippen molar-refractivity contribution in [1.29, 1.82) is 0 Å². The molecule has 0 aliphatic rings. The number of methoxy groups -OCH3 is 1. The van der Waals surface area contributed by atoms with Crippen LogP contribution in [0.15, 0.2) is 0 Å². The van der Waals surface area contributed by atoms with Crippen molar-refractivity contribution in [3.63, 3.8) is 0 Å². The third-order valence-electron chi connectivity index (χ3n) is 3.82. The Labute approximate surface area is 147 Å². The minimum Gasteiger partial charge on any atom is -0.466 e. The van der Waals surface area contributed by atoms with Crippen molar-refractivity contribution in [3.05, 3.63) is 0 Å². The first-order chi connectivity index (χ1) is 11.7. The Bertz CT molecular complexity index is 304. The average molecular weight is 344 g/mol. The second-order valence-corrected chi connectivity index (χ2v) is 6.12. The van der Waals surface area contributed by atoms with E-state index in [1.807, 2.05) is 0 Å². The Morgan fingerprint density at radius 3 is 1.67 bits per heavy atom. The van der Waals surface area contributed by atoms with Gasteiger partial charge in [0.2, 0.25) is 0 Å². The zero-order chi connectivity index (χ0) is 17.9. The van der Waals surface area contributed by atoms with Crippen molar-refractivity contribution in [2.45, 2.75) is 84.0 Å². The zero-order valence-electron chi connectivity index (χ0n) is 15.6. The Morgan fingerprint density at radius 1 is 0.625 bits per heavy atom. The van der Waals surface area contributed by atoms with Crippen molar-refractivity contribution in [1.82, 2.24) is 0 Å². The molecule has 5 nitrogen and oxygen atoms in total. The molecule has 0 amide bonds. The molecule has 24 heavy (non-hydrogen) atoms. The Hall–Kier alpha value is -1.10. The topological polar surface area (TPSA) is 61.8 Å². The predicted octanol–water partition coefficient (Wildman–Crippen LogP) is 4.42. The van der Waals surface area contributed by atoms with Gasteiger partial charge in [-0.3, -0.25) is 9.59 Å². The summed E-state index contributed by atoms with van der Waals surface area (Å²) in [5.41, 5.74) is 0. The quantitative estimate of drug-likeness (QED) is 0.289. The molecule has 0 unspecified atom stereocenters. The molecule has 0 saturated carbocycles. The van der Waals surface area contributed by atoms with Crippen molar-refractivity contribution < 1.29 is 23.8 Å². The third kappa shape index (κ3) is 17.3. The summed E-state index contributed by atoms with van der Waals surface area (Å²) in [7, 11) is 1.55. The van der Waals surface area contributed by atoms with E-state index in [-0.39, 0.29) is 31.4 Å². The fourth-order valence-corrected chi connectivity index (χ4v) is 2.36. The molecular formula is C19H36O5. The molecule has 142 valence electrons. The first-order valence-electron chi connectivity index (χ1n) is 9.50. The standard InChI is InChI=1S/C19H36O5/c1-3-4-5-6-7-8-9-10-11-15-23-18(20)13-12-14-19(21)24-17-16-22-2/h3-17H2,1-2H3. The highest BCUT2D eigenvalue weighted by Gasteiger charge is 2.07. The van der Waals surface area contributed by atoms with Gasteiger partial charge in [0.05, 0.1) is 13.2 Å². The molecule has 0 atom stereocenters. The summed E-state index contributed by atoms with van der Waals surface area (Å²) in [6, 6.07) is 0. The molecule has 0 aliphatic carbocycles. The summed E-state index contributed by atoms with van der Waals surface area (Å²) in [6.45, 7) is 3.38. The molecule has 0 N–H and O–H groups in total. The third-order valence-corrected chi connectivity index (χ3v) is 3.82. The molecule has 0 heterocycles. The maximum atomic E-state index is 11.5. The van der Waals surface area contributed by atoms with Gasteiger partial charge in [0.1, 0.15) is 6.61 Å². The van der Waals surface area contributed by atoms with Crippen molar-refractivity contribution in [2.75, 3.05) is 26.9 Å². The average Bonchev–Trinajstić information content (AvgIpc) is 2.57. The van der Waals surface area contributed by atoms with Crippen LogP contribution in [-0.4, -0.2) is 38.9 Å². The van der Waals surface area contributed by atoms with E-state index >= 15 is 0 Å². The van der Waals surface area contributed by atoms with E-state index in [0.717, 1.165) is 12.8 Å². The van der Waals surface area contributed by atoms with Gasteiger partial charge in [-0.05, 0) is 12.8 Å². The molecule has 0 saturated heterocycles. The number of ether oxygens (including phenoxy) is 3. The van der Waals surface area contributed by atoms with Gasteiger partial charge in [-0.25, -0.2) is 0 Å². The molecule has 0 spiro atoms. The van der Waals surface area contributed by atoms with Gasteiger partial charge in [-0.15, -0.1) is 0 Å². The first kappa shape index (κ1) is 22.9. The summed E-state index contributed by atoms with van der Waals surface area (Å²) in [6.07, 6.45) is 12.2. The van der Waals surface area contributed by atoms with Crippen molar-refractivity contribution in [3.8, 4) is 0 Å². The molecule has 0 radical (unpaired) electrons. The second-order valence-electron chi connectivity index (χ2n) is 6.12. The number of esters is 2. The van der Waals surface area contributed by atoms with Crippen LogP contribution in [0.2, 0.25) is 0 Å². The summed E-state index contributed by atoms with van der Waals surface area (Å²) in [4.78, 5) is 22.8. The summed E-state index contributed by atoms with van der Waals surface area (Å²) < 4.78 is 14.9. The van der Waals surface area contributed by atoms with Crippen LogP contribution in [0.25, 0.3) is 0 Å². The van der Waals surface area contributed by atoms with E-state index in [0.29, 0.717) is 19.6 Å². The van der Waals surface area contributed by atoms with Crippen LogP contribution in [-0.2, 0) is 23.8 Å². The number of carbonyl (C=O) groups is 2. The number of carbonyl (C=O) groups excluding carboxylic acids is 2. The largest absolute Gasteiger partial charge is 0.466 e.